The van der Waals surface area contributed by atoms with E-state index in [1.165, 1.54) is 12.2 Å². The molecule has 232 valence electrons. The molecule has 0 saturated heterocycles. The van der Waals surface area contributed by atoms with Crippen LogP contribution in [0.25, 0.3) is 0 Å². The Hall–Kier alpha value is -4.09. The van der Waals surface area contributed by atoms with E-state index < -0.39 is 42.0 Å². The molecular formula is C23H44N6O11. The predicted octanol–water partition coefficient (Wildman–Crippen LogP) is -1.22. The van der Waals surface area contributed by atoms with Crippen LogP contribution in [0.15, 0.2) is 12.2 Å². The Morgan fingerprint density at radius 1 is 0.875 bits per heavy atom. The zero-order chi connectivity index (χ0) is 32.3. The largest absolute Gasteiger partial charge is 0.481 e. The molecule has 1 aliphatic heterocycles. The normalized spacial score (nSPS) is 12.3. The number of hydrogen-bond donors (Lipinski definition) is 10. The maximum absolute atomic E-state index is 10.2. The second kappa shape index (κ2) is 27.9. The number of aliphatic carboxylic acids is 4. The van der Waals surface area contributed by atoms with Crippen molar-refractivity contribution in [3.8, 4) is 0 Å². The van der Waals surface area contributed by atoms with E-state index >= 15 is 0 Å². The summed E-state index contributed by atoms with van der Waals surface area (Å²) in [6, 6.07) is -2.19. The molecule has 0 saturated carbocycles. The Kier molecular flexibility index (Phi) is 30.0. The number of carboxylic acids is 4. The first-order chi connectivity index (χ1) is 18.4. The number of nitrogens with two attached hydrogens (primary N) is 4. The van der Waals surface area contributed by atoms with Crippen LogP contribution < -0.4 is 33.6 Å². The quantitative estimate of drug-likeness (QED) is 0.0955. The van der Waals surface area contributed by atoms with Gasteiger partial charge in [0.2, 0.25) is 0 Å². The van der Waals surface area contributed by atoms with E-state index in [0.29, 0.717) is 25.8 Å². The fraction of sp³-hybridized carbons (Fsp3) is 0.609. The van der Waals surface area contributed by atoms with E-state index in [0.717, 1.165) is 19.3 Å². The molecule has 1 heterocycles. The van der Waals surface area contributed by atoms with Gasteiger partial charge >= 0.3 is 29.9 Å². The first-order valence-electron chi connectivity index (χ1n) is 12.1. The molecule has 17 nitrogen and oxygen atoms in total. The van der Waals surface area contributed by atoms with Gasteiger partial charge in [-0.1, -0.05) is 33.6 Å². The van der Waals surface area contributed by atoms with Crippen molar-refractivity contribution in [2.75, 3.05) is 13.1 Å². The van der Waals surface area contributed by atoms with Crippen molar-refractivity contribution in [1.82, 2.24) is 10.6 Å². The van der Waals surface area contributed by atoms with Gasteiger partial charge in [-0.25, -0.2) is 4.79 Å². The Morgan fingerprint density at radius 3 is 1.57 bits per heavy atom. The summed E-state index contributed by atoms with van der Waals surface area (Å²) >= 11 is 0. The minimum Gasteiger partial charge on any atom is -0.481 e. The lowest BCUT2D eigenvalue weighted by atomic mass is 10.1. The third-order valence-corrected chi connectivity index (χ3v) is 4.11. The molecule has 0 aromatic carbocycles. The molecule has 4 amide bonds. The van der Waals surface area contributed by atoms with Crippen LogP contribution in [-0.2, 0) is 28.8 Å². The average Bonchev–Trinajstić information content (AvgIpc) is 3.24. The van der Waals surface area contributed by atoms with Gasteiger partial charge in [0, 0.05) is 25.1 Å². The van der Waals surface area contributed by atoms with Gasteiger partial charge in [-0.2, -0.15) is 0 Å². The smallest absolute Gasteiger partial charge is 0.320 e. The third kappa shape index (κ3) is 38.4. The maximum Gasteiger partial charge on any atom is 0.320 e. The highest BCUT2D eigenvalue weighted by Crippen LogP contribution is 1.97. The maximum atomic E-state index is 10.2. The van der Waals surface area contributed by atoms with Crippen molar-refractivity contribution in [3.63, 3.8) is 0 Å². The second-order valence-corrected chi connectivity index (χ2v) is 8.12. The molecule has 0 aromatic heterocycles. The number of unbranched alkanes of at least 4 members (excludes halogenated alkanes) is 2. The third-order valence-electron chi connectivity index (χ3n) is 4.11. The van der Waals surface area contributed by atoms with Gasteiger partial charge < -0.3 is 48.7 Å². The first kappa shape index (κ1) is 43.0. The summed E-state index contributed by atoms with van der Waals surface area (Å²) < 4.78 is 0. The van der Waals surface area contributed by atoms with Crippen LogP contribution in [0.1, 0.15) is 59.3 Å². The number of imide groups is 1. The molecule has 0 aliphatic carbocycles. The predicted molar refractivity (Wildman–Crippen MR) is 144 cm³/mol. The van der Waals surface area contributed by atoms with Gasteiger partial charge in [0.05, 0.1) is 6.54 Å². The number of primary amides is 1. The minimum absolute atomic E-state index is 0.0208. The van der Waals surface area contributed by atoms with E-state index in [1.807, 2.05) is 5.32 Å². The van der Waals surface area contributed by atoms with Crippen LogP contribution in [0, 0.1) is 5.92 Å². The molecule has 17 heteroatoms. The fourth-order valence-corrected chi connectivity index (χ4v) is 1.82. The summed E-state index contributed by atoms with van der Waals surface area (Å²) in [4.78, 5) is 69.5. The highest BCUT2D eigenvalue weighted by atomic mass is 16.4. The van der Waals surface area contributed by atoms with Crippen LogP contribution in [0.3, 0.4) is 0 Å². The number of carboxylic acid groups (broad SMARTS) is 4. The van der Waals surface area contributed by atoms with Crippen molar-refractivity contribution in [1.29, 1.82) is 0 Å². The molecule has 0 fully saturated rings. The van der Waals surface area contributed by atoms with Crippen molar-refractivity contribution in [3.05, 3.63) is 12.2 Å². The van der Waals surface area contributed by atoms with Crippen molar-refractivity contribution in [2.24, 2.45) is 28.9 Å². The molecule has 0 radical (unpaired) electrons. The van der Waals surface area contributed by atoms with Crippen LogP contribution in [0.5, 0.6) is 0 Å². The van der Waals surface area contributed by atoms with Crippen molar-refractivity contribution in [2.45, 2.75) is 71.4 Å². The summed E-state index contributed by atoms with van der Waals surface area (Å²) in [6.07, 6.45) is 6.51. The van der Waals surface area contributed by atoms with Gasteiger partial charge in [0.1, 0.15) is 12.1 Å². The van der Waals surface area contributed by atoms with E-state index in [-0.39, 0.29) is 24.3 Å². The van der Waals surface area contributed by atoms with Crippen molar-refractivity contribution < 1.29 is 54.0 Å². The molecule has 0 aromatic rings. The number of carbonyl (C=O) groups excluding carboxylic acids is 3. The first-order valence-corrected chi connectivity index (χ1v) is 12.1. The van der Waals surface area contributed by atoms with E-state index in [9.17, 15) is 33.6 Å². The monoisotopic (exact) mass is 580 g/mol. The molecular weight excluding hydrogens is 536 g/mol. The summed E-state index contributed by atoms with van der Waals surface area (Å²) in [5.41, 5.74) is 19.7. The number of rotatable bonds is 12. The molecule has 0 bridgehead atoms. The van der Waals surface area contributed by atoms with E-state index in [1.54, 1.807) is 13.8 Å². The molecule has 0 spiro atoms. The summed E-state index contributed by atoms with van der Waals surface area (Å²) in [5.74, 6) is -4.25. The van der Waals surface area contributed by atoms with Gasteiger partial charge in [-0.3, -0.25) is 34.1 Å². The SMILES string of the molecule is CC(C)C(N)C(=O)O.CCCCCC(=O)O.NC(=O)NCCCC(N)C(=O)O.NCC(=O)O.O=C1C=CC(=O)N1. The Labute approximate surface area is 232 Å². The lowest BCUT2D eigenvalue weighted by Crippen LogP contribution is -2.34. The number of carbonyl (C=O) groups is 7. The average molecular weight is 581 g/mol. The lowest BCUT2D eigenvalue weighted by molar-refractivity contribution is -0.140. The van der Waals surface area contributed by atoms with Crippen LogP contribution in [0.4, 0.5) is 4.79 Å². The zero-order valence-electron chi connectivity index (χ0n) is 23.0. The molecule has 2 atom stereocenters. The van der Waals surface area contributed by atoms with Crippen LogP contribution in [-0.4, -0.2) is 87.3 Å². The molecule has 1 aliphatic rings. The lowest BCUT2D eigenvalue weighted by Gasteiger charge is -2.07. The highest BCUT2D eigenvalue weighted by Gasteiger charge is 2.14. The molecule has 2 unspecified atom stereocenters. The number of amides is 4. The van der Waals surface area contributed by atoms with Gasteiger partial charge in [0.25, 0.3) is 11.8 Å². The summed E-state index contributed by atoms with van der Waals surface area (Å²) in [5, 5.41) is 36.7. The van der Waals surface area contributed by atoms with E-state index in [2.05, 4.69) is 18.0 Å². The Bertz CT molecular complexity index is 803. The number of nitrogens with one attached hydrogen (secondary N) is 2. The van der Waals surface area contributed by atoms with Crippen LogP contribution in [0.2, 0.25) is 0 Å². The number of urea groups is 1. The van der Waals surface area contributed by atoms with Gasteiger partial charge in [-0.15, -0.1) is 0 Å². The molecule has 1 rings (SSSR count). The van der Waals surface area contributed by atoms with Gasteiger partial charge in [0.15, 0.2) is 0 Å². The van der Waals surface area contributed by atoms with Crippen LogP contribution >= 0.6 is 0 Å². The highest BCUT2D eigenvalue weighted by molar-refractivity contribution is 6.12. The minimum atomic E-state index is -1.03. The Balaban J connectivity index is -0.000000208. The Morgan fingerprint density at radius 2 is 1.35 bits per heavy atom. The second-order valence-electron chi connectivity index (χ2n) is 8.12. The molecule has 40 heavy (non-hydrogen) atoms. The van der Waals surface area contributed by atoms with Crippen molar-refractivity contribution >= 4 is 41.7 Å². The summed E-state index contributed by atoms with van der Waals surface area (Å²) in [7, 11) is 0. The van der Waals surface area contributed by atoms with E-state index in [4.69, 9.17) is 37.6 Å². The van der Waals surface area contributed by atoms with Gasteiger partial charge in [-0.05, 0) is 25.2 Å². The molecule has 14 N–H and O–H groups in total. The number of hydrogen-bond acceptors (Lipinski definition) is 10. The summed E-state index contributed by atoms with van der Waals surface area (Å²) in [6.45, 7) is 5.69. The zero-order valence-corrected chi connectivity index (χ0v) is 23.0. The topological polar surface area (TPSA) is 329 Å². The standard InChI is InChI=1S/C6H13N3O3.C6H12O2.C5H11NO2.C4H3NO2.C2H5NO2/c7-4(5(10)11)2-1-3-9-6(8)12;1-2-3-4-5-6(7)8;1-3(2)4(6)5(7)8;6-3-1-2-4(7)5-3;3-1-2(4)5/h4H,1-3,7H2,(H,10,11)(H3,8,9,12);2-5H2,1H3,(H,7,8);3-4H,6H2,1-2H3,(H,7,8);1-2H,(H,5,6,7);1,3H2,(H,4,5). The fourth-order valence-electron chi connectivity index (χ4n) is 1.82.